The van der Waals surface area contributed by atoms with Crippen LogP contribution in [0, 0.1) is 0 Å². The fraction of sp³-hybridized carbons (Fsp3) is 1.00. The Bertz CT molecular complexity index is 58.6. The minimum Gasteiger partial charge on any atom is -0.396 e. The predicted molar refractivity (Wildman–Crippen MR) is 53.3 cm³/mol. The Kier molecular flexibility index (Phi) is 10.6. The van der Waals surface area contributed by atoms with Crippen molar-refractivity contribution < 1.29 is 5.11 Å². The molecule has 68 valence electrons. The molecule has 0 aliphatic carbocycles. The quantitative estimate of drug-likeness (QED) is 0.430. The first-order valence-corrected chi connectivity index (χ1v) is 5.26. The van der Waals surface area contributed by atoms with Crippen molar-refractivity contribution in [3.05, 3.63) is 0 Å². The zero-order valence-corrected chi connectivity index (χ0v) is 8.15. The molecule has 0 saturated carbocycles. The zero-order chi connectivity index (χ0) is 8.36. The summed E-state index contributed by atoms with van der Waals surface area (Å²) in [5, 5.41) is 8.50. The summed E-state index contributed by atoms with van der Waals surface area (Å²) in [6.07, 6.45) is 8.70. The largest absolute Gasteiger partial charge is 0.396 e. The highest BCUT2D eigenvalue weighted by atomic mass is 32.1. The van der Waals surface area contributed by atoms with E-state index in [0.717, 1.165) is 12.2 Å². The van der Waals surface area contributed by atoms with Crippen molar-refractivity contribution in [1.82, 2.24) is 0 Å². The highest BCUT2D eigenvalue weighted by Gasteiger charge is 1.89. The van der Waals surface area contributed by atoms with Gasteiger partial charge in [0.15, 0.2) is 0 Å². The van der Waals surface area contributed by atoms with Crippen LogP contribution in [0.5, 0.6) is 0 Å². The Morgan fingerprint density at radius 3 is 1.64 bits per heavy atom. The van der Waals surface area contributed by atoms with E-state index in [0.29, 0.717) is 6.61 Å². The van der Waals surface area contributed by atoms with Crippen LogP contribution in [0.3, 0.4) is 0 Å². The molecule has 2 heteroatoms. The first-order valence-electron chi connectivity index (χ1n) is 4.63. The summed E-state index contributed by atoms with van der Waals surface area (Å²) in [4.78, 5) is 0. The summed E-state index contributed by atoms with van der Waals surface area (Å²) in [5.41, 5.74) is 0. The molecule has 0 atom stereocenters. The average Bonchev–Trinajstić information content (AvgIpc) is 2.03. The summed E-state index contributed by atoms with van der Waals surface area (Å²) in [5.74, 6) is 1.02. The second-order valence-electron chi connectivity index (χ2n) is 2.92. The van der Waals surface area contributed by atoms with Crippen LogP contribution in [0.2, 0.25) is 0 Å². The number of hydrogen-bond donors (Lipinski definition) is 2. The SMILES string of the molecule is OCCCCCCCCCS. The molecular formula is C9H20OS. The fourth-order valence-electron chi connectivity index (χ4n) is 1.11. The maximum absolute atomic E-state index is 8.50. The van der Waals surface area contributed by atoms with Gasteiger partial charge in [0, 0.05) is 6.61 Å². The minimum absolute atomic E-state index is 0.358. The molecule has 1 N–H and O–H groups in total. The lowest BCUT2D eigenvalue weighted by molar-refractivity contribution is 0.282. The van der Waals surface area contributed by atoms with Crippen molar-refractivity contribution in [2.45, 2.75) is 44.9 Å². The molecule has 0 aromatic carbocycles. The number of aliphatic hydroxyl groups is 1. The molecule has 0 aromatic rings. The van der Waals surface area contributed by atoms with Gasteiger partial charge in [0.2, 0.25) is 0 Å². The highest BCUT2D eigenvalue weighted by molar-refractivity contribution is 7.80. The zero-order valence-electron chi connectivity index (χ0n) is 7.26. The number of aliphatic hydroxyl groups excluding tert-OH is 1. The normalized spacial score (nSPS) is 10.4. The van der Waals surface area contributed by atoms with Crippen LogP contribution in [-0.2, 0) is 0 Å². The smallest absolute Gasteiger partial charge is 0.0431 e. The molecule has 0 fully saturated rings. The second-order valence-corrected chi connectivity index (χ2v) is 3.37. The van der Waals surface area contributed by atoms with Gasteiger partial charge >= 0.3 is 0 Å². The van der Waals surface area contributed by atoms with Gasteiger partial charge < -0.3 is 5.11 Å². The van der Waals surface area contributed by atoms with Crippen molar-refractivity contribution in [1.29, 1.82) is 0 Å². The molecule has 0 radical (unpaired) electrons. The Labute approximate surface area is 75.6 Å². The number of thiol groups is 1. The molecule has 0 aliphatic heterocycles. The lowest BCUT2D eigenvalue weighted by atomic mass is 10.1. The van der Waals surface area contributed by atoms with Gasteiger partial charge in [0.1, 0.15) is 0 Å². The molecule has 1 nitrogen and oxygen atoms in total. The van der Waals surface area contributed by atoms with Crippen molar-refractivity contribution in [3.63, 3.8) is 0 Å². The highest BCUT2D eigenvalue weighted by Crippen LogP contribution is 2.06. The molecule has 0 unspecified atom stereocenters. The van der Waals surface area contributed by atoms with E-state index in [1.54, 1.807) is 0 Å². The average molecular weight is 176 g/mol. The molecule has 0 bridgehead atoms. The van der Waals surface area contributed by atoms with Gasteiger partial charge in [-0.1, -0.05) is 32.1 Å². The van der Waals surface area contributed by atoms with Gasteiger partial charge in [-0.2, -0.15) is 12.6 Å². The van der Waals surface area contributed by atoms with E-state index in [9.17, 15) is 0 Å². The Balaban J connectivity index is 2.69. The molecule has 0 aliphatic rings. The Morgan fingerprint density at radius 2 is 1.18 bits per heavy atom. The maximum Gasteiger partial charge on any atom is 0.0431 e. The van der Waals surface area contributed by atoms with Gasteiger partial charge in [-0.3, -0.25) is 0 Å². The van der Waals surface area contributed by atoms with Crippen LogP contribution in [0.25, 0.3) is 0 Å². The van der Waals surface area contributed by atoms with Crippen LogP contribution in [0.1, 0.15) is 44.9 Å². The standard InChI is InChI=1S/C9H20OS/c10-8-6-4-2-1-3-5-7-9-11/h10-11H,1-9H2. The third-order valence-electron chi connectivity index (χ3n) is 1.82. The van der Waals surface area contributed by atoms with Gasteiger partial charge in [0.25, 0.3) is 0 Å². The summed E-state index contributed by atoms with van der Waals surface area (Å²) in [6.45, 7) is 0.358. The van der Waals surface area contributed by atoms with Crippen LogP contribution >= 0.6 is 12.6 Å². The van der Waals surface area contributed by atoms with E-state index in [4.69, 9.17) is 5.11 Å². The van der Waals surface area contributed by atoms with Gasteiger partial charge in [0.05, 0.1) is 0 Å². The molecule has 0 saturated heterocycles. The van der Waals surface area contributed by atoms with Gasteiger partial charge in [-0.25, -0.2) is 0 Å². The van der Waals surface area contributed by atoms with Crippen molar-refractivity contribution in [3.8, 4) is 0 Å². The molecule has 0 amide bonds. The van der Waals surface area contributed by atoms with Crippen molar-refractivity contribution in [2.75, 3.05) is 12.4 Å². The van der Waals surface area contributed by atoms with Crippen molar-refractivity contribution >= 4 is 12.6 Å². The lowest BCUT2D eigenvalue weighted by Gasteiger charge is -1.98. The third-order valence-corrected chi connectivity index (χ3v) is 2.13. The van der Waals surface area contributed by atoms with E-state index < -0.39 is 0 Å². The van der Waals surface area contributed by atoms with Gasteiger partial charge in [-0.05, 0) is 18.6 Å². The Morgan fingerprint density at radius 1 is 0.727 bits per heavy atom. The topological polar surface area (TPSA) is 20.2 Å². The number of hydrogen-bond acceptors (Lipinski definition) is 2. The van der Waals surface area contributed by atoms with Crippen LogP contribution in [0.4, 0.5) is 0 Å². The van der Waals surface area contributed by atoms with E-state index >= 15 is 0 Å². The second kappa shape index (κ2) is 10.3. The predicted octanol–water partition coefficient (Wildman–Crippen LogP) is 2.64. The van der Waals surface area contributed by atoms with Crippen molar-refractivity contribution in [2.24, 2.45) is 0 Å². The minimum atomic E-state index is 0.358. The third kappa shape index (κ3) is 10.3. The monoisotopic (exact) mass is 176 g/mol. The summed E-state index contributed by atoms with van der Waals surface area (Å²) >= 11 is 4.15. The number of rotatable bonds is 8. The first kappa shape index (κ1) is 11.3. The van der Waals surface area contributed by atoms with Gasteiger partial charge in [-0.15, -0.1) is 0 Å². The van der Waals surface area contributed by atoms with E-state index in [1.807, 2.05) is 0 Å². The van der Waals surface area contributed by atoms with Crippen LogP contribution < -0.4 is 0 Å². The lowest BCUT2D eigenvalue weighted by Crippen LogP contribution is -1.84. The summed E-state index contributed by atoms with van der Waals surface area (Å²) in [6, 6.07) is 0. The molecule has 0 heterocycles. The summed E-state index contributed by atoms with van der Waals surface area (Å²) < 4.78 is 0. The molecule has 0 spiro atoms. The molecule has 11 heavy (non-hydrogen) atoms. The molecule has 0 rings (SSSR count). The Hall–Kier alpha value is 0.310. The summed E-state index contributed by atoms with van der Waals surface area (Å²) in [7, 11) is 0. The molecular weight excluding hydrogens is 156 g/mol. The van der Waals surface area contributed by atoms with E-state index in [-0.39, 0.29) is 0 Å². The van der Waals surface area contributed by atoms with Crippen LogP contribution in [-0.4, -0.2) is 17.5 Å². The van der Waals surface area contributed by atoms with E-state index in [2.05, 4.69) is 12.6 Å². The molecule has 0 aromatic heterocycles. The maximum atomic E-state index is 8.50. The number of unbranched alkanes of at least 4 members (excludes halogenated alkanes) is 6. The van der Waals surface area contributed by atoms with E-state index in [1.165, 1.54) is 38.5 Å². The fourth-order valence-corrected chi connectivity index (χ4v) is 1.33. The van der Waals surface area contributed by atoms with Crippen LogP contribution in [0.15, 0.2) is 0 Å². The first-order chi connectivity index (χ1) is 5.41.